The van der Waals surface area contributed by atoms with E-state index in [0.717, 1.165) is 11.9 Å². The molecule has 0 heterocycles. The van der Waals surface area contributed by atoms with E-state index in [2.05, 4.69) is 189 Å². The number of hydrogen-bond acceptors (Lipinski definition) is 3. The number of nitrogens with two attached hydrogens (primary N) is 1. The third kappa shape index (κ3) is 28.8. The molecule has 4 heteroatoms. The molecule has 0 saturated carbocycles. The smallest absolute Gasteiger partial charge is 0.0125 e. The van der Waals surface area contributed by atoms with Crippen LogP contribution in [0.2, 0.25) is 0 Å². The van der Waals surface area contributed by atoms with Crippen molar-refractivity contribution in [2.45, 2.75) is 130 Å². The summed E-state index contributed by atoms with van der Waals surface area (Å²) >= 11 is 3.41. The van der Waals surface area contributed by atoms with Gasteiger partial charge in [-0.25, -0.2) is 0 Å². The lowest BCUT2D eigenvalue weighted by Crippen LogP contribution is -2.42. The van der Waals surface area contributed by atoms with Gasteiger partial charge in [-0.05, 0) is 156 Å². The summed E-state index contributed by atoms with van der Waals surface area (Å²) in [7, 11) is 0. The molecule has 3 N–H and O–H groups in total. The standard InChI is InChI=1S/C22H31N.C13H21N.C9H11Br.C4H11N/c1-22(2,3)23(18-10-16-20-12-6-4-7-13-20)19-11-17-21-14-8-5-9-15-21;1-13(2,3)14-11-7-10-12-8-5-4-6-9-12;10-8-4-7-9-5-2-1-3-6-9;1-4(2,3)5/h4-9,12-15H,10-11,16-19H2,1-3H3;4-6,8-9,14H,7,10-11H2,1-3H3;1-3,5-6H,4,7-8H2;5H2,1-3H3. The molecule has 52 heavy (non-hydrogen) atoms. The Labute approximate surface area is 329 Å². The second kappa shape index (κ2) is 26.9. The lowest BCUT2D eigenvalue weighted by Gasteiger charge is -2.36. The molecule has 0 spiro atoms. The van der Waals surface area contributed by atoms with Crippen molar-refractivity contribution in [1.29, 1.82) is 0 Å². The zero-order valence-corrected chi connectivity index (χ0v) is 36.0. The summed E-state index contributed by atoms with van der Waals surface area (Å²) in [5.41, 5.74) is 11.6. The Hall–Kier alpha value is -2.76. The van der Waals surface area contributed by atoms with Gasteiger partial charge in [-0.3, -0.25) is 4.90 Å². The van der Waals surface area contributed by atoms with Gasteiger partial charge in [-0.1, -0.05) is 137 Å². The minimum atomic E-state index is 0. The zero-order valence-electron chi connectivity index (χ0n) is 34.4. The summed E-state index contributed by atoms with van der Waals surface area (Å²) in [6.45, 7) is 22.9. The first-order chi connectivity index (χ1) is 24.6. The van der Waals surface area contributed by atoms with E-state index in [1.54, 1.807) is 0 Å². The molecule has 0 radical (unpaired) electrons. The highest BCUT2D eigenvalue weighted by Crippen LogP contribution is 2.16. The second-order valence-electron chi connectivity index (χ2n) is 16.7. The molecule has 4 aromatic rings. The minimum Gasteiger partial charge on any atom is -0.326 e. The van der Waals surface area contributed by atoms with E-state index in [4.69, 9.17) is 5.73 Å². The molecular formula is C48H74BrN3. The van der Waals surface area contributed by atoms with Crippen LogP contribution in [0.5, 0.6) is 0 Å². The number of aryl methyl sites for hydroxylation is 4. The molecule has 4 rings (SSSR count). The number of nitrogens with zero attached hydrogens (tertiary/aromatic N) is 1. The fraction of sp³-hybridized carbons (Fsp3) is 0.500. The first-order valence-electron chi connectivity index (χ1n) is 19.6. The Morgan fingerprint density at radius 3 is 1.04 bits per heavy atom. The summed E-state index contributed by atoms with van der Waals surface area (Å²) in [6, 6.07) is 42.9. The molecule has 0 bridgehead atoms. The van der Waals surface area contributed by atoms with Crippen LogP contribution in [0.25, 0.3) is 0 Å². The Morgan fingerprint density at radius 1 is 0.481 bits per heavy atom. The summed E-state index contributed by atoms with van der Waals surface area (Å²) in [5.74, 6) is 0. The molecule has 0 amide bonds. The summed E-state index contributed by atoms with van der Waals surface area (Å²) < 4.78 is 0. The van der Waals surface area contributed by atoms with E-state index in [0.29, 0.717) is 0 Å². The number of alkyl halides is 1. The molecule has 0 aliphatic heterocycles. The van der Waals surface area contributed by atoms with Crippen LogP contribution < -0.4 is 11.1 Å². The lowest BCUT2D eigenvalue weighted by molar-refractivity contribution is 0.133. The van der Waals surface area contributed by atoms with Crippen LogP contribution in [-0.4, -0.2) is 46.5 Å². The normalized spacial score (nSPS) is 11.4. The molecule has 0 aliphatic carbocycles. The highest BCUT2D eigenvalue weighted by Gasteiger charge is 2.20. The number of nitrogens with one attached hydrogen (secondary N) is 1. The predicted molar refractivity (Wildman–Crippen MR) is 236 cm³/mol. The Kier molecular flexibility index (Phi) is 24.5. The third-order valence-electron chi connectivity index (χ3n) is 8.00. The highest BCUT2D eigenvalue weighted by molar-refractivity contribution is 9.09. The van der Waals surface area contributed by atoms with Crippen molar-refractivity contribution in [1.82, 2.24) is 10.2 Å². The van der Waals surface area contributed by atoms with Gasteiger partial charge in [0.25, 0.3) is 0 Å². The largest absolute Gasteiger partial charge is 0.326 e. The molecule has 0 atom stereocenters. The first-order valence-corrected chi connectivity index (χ1v) is 20.7. The maximum absolute atomic E-state index is 5.35. The average Bonchev–Trinajstić information content (AvgIpc) is 3.09. The van der Waals surface area contributed by atoms with Crippen LogP contribution in [0.3, 0.4) is 0 Å². The van der Waals surface area contributed by atoms with E-state index in [1.165, 1.54) is 86.7 Å². The van der Waals surface area contributed by atoms with E-state index in [-0.39, 0.29) is 16.6 Å². The lowest BCUT2D eigenvalue weighted by atomic mass is 10.0. The van der Waals surface area contributed by atoms with Crippen LogP contribution in [0.15, 0.2) is 121 Å². The fourth-order valence-electron chi connectivity index (χ4n) is 5.34. The topological polar surface area (TPSA) is 41.3 Å². The zero-order chi connectivity index (χ0) is 38.7. The van der Waals surface area contributed by atoms with Gasteiger partial charge < -0.3 is 11.1 Å². The molecule has 0 fully saturated rings. The second-order valence-corrected chi connectivity index (χ2v) is 17.5. The van der Waals surface area contributed by atoms with Crippen molar-refractivity contribution in [2.75, 3.05) is 25.0 Å². The van der Waals surface area contributed by atoms with E-state index in [1.807, 2.05) is 20.8 Å². The summed E-state index contributed by atoms with van der Waals surface area (Å²) in [5, 5.41) is 4.59. The Morgan fingerprint density at radius 2 is 0.769 bits per heavy atom. The van der Waals surface area contributed by atoms with Crippen molar-refractivity contribution < 1.29 is 0 Å². The third-order valence-corrected chi connectivity index (χ3v) is 8.56. The van der Waals surface area contributed by atoms with Crippen molar-refractivity contribution >= 4 is 15.9 Å². The quantitative estimate of drug-likeness (QED) is 0.0934. The van der Waals surface area contributed by atoms with Crippen molar-refractivity contribution in [3.63, 3.8) is 0 Å². The number of benzene rings is 4. The van der Waals surface area contributed by atoms with Crippen LogP contribution in [-0.2, 0) is 25.7 Å². The highest BCUT2D eigenvalue weighted by atomic mass is 79.9. The van der Waals surface area contributed by atoms with Gasteiger partial charge in [-0.15, -0.1) is 0 Å². The van der Waals surface area contributed by atoms with Crippen LogP contribution in [0.4, 0.5) is 0 Å². The minimum absolute atomic E-state index is 0. The molecule has 0 saturated heterocycles. The monoisotopic (exact) mass is 772 g/mol. The Bertz CT molecular complexity index is 1300. The molecular weight excluding hydrogens is 698 g/mol. The maximum Gasteiger partial charge on any atom is 0.0125 e. The van der Waals surface area contributed by atoms with Gasteiger partial charge in [0, 0.05) is 21.9 Å². The van der Waals surface area contributed by atoms with Crippen molar-refractivity contribution in [3.05, 3.63) is 144 Å². The van der Waals surface area contributed by atoms with Gasteiger partial charge in [-0.2, -0.15) is 0 Å². The van der Waals surface area contributed by atoms with Gasteiger partial charge in [0.1, 0.15) is 0 Å². The average molecular weight is 773 g/mol. The van der Waals surface area contributed by atoms with Crippen LogP contribution in [0.1, 0.15) is 110 Å². The molecule has 0 aliphatic rings. The molecule has 4 aromatic carbocycles. The predicted octanol–water partition coefficient (Wildman–Crippen LogP) is 12.1. The van der Waals surface area contributed by atoms with E-state index in [9.17, 15) is 0 Å². The van der Waals surface area contributed by atoms with Gasteiger partial charge in [0.05, 0.1) is 0 Å². The van der Waals surface area contributed by atoms with Crippen LogP contribution >= 0.6 is 15.9 Å². The fourth-order valence-corrected chi connectivity index (χ4v) is 5.62. The molecule has 288 valence electrons. The van der Waals surface area contributed by atoms with Crippen molar-refractivity contribution in [3.8, 4) is 0 Å². The number of hydrogen-bond donors (Lipinski definition) is 2. The van der Waals surface area contributed by atoms with Crippen molar-refractivity contribution in [2.24, 2.45) is 5.73 Å². The molecule has 3 nitrogen and oxygen atoms in total. The SMILES string of the molecule is BrCCCc1ccccc1.CC(C)(C)N.CC(C)(C)N(CCCc1ccccc1)CCCc1ccccc1.CC(C)(C)NCCCc1ccccc1. The van der Waals surface area contributed by atoms with E-state index < -0.39 is 0 Å². The van der Waals surface area contributed by atoms with Gasteiger partial charge in [0.15, 0.2) is 0 Å². The Balaban J connectivity index is 0.000000395. The summed E-state index contributed by atoms with van der Waals surface area (Å²) in [4.78, 5) is 2.64. The van der Waals surface area contributed by atoms with Gasteiger partial charge in [0.2, 0.25) is 0 Å². The number of rotatable bonds is 15. The van der Waals surface area contributed by atoms with Gasteiger partial charge >= 0.3 is 0 Å². The van der Waals surface area contributed by atoms with E-state index >= 15 is 0 Å². The molecule has 0 aromatic heterocycles. The number of halogens is 1. The summed E-state index contributed by atoms with van der Waals surface area (Å²) in [6.07, 6.45) is 9.60. The molecule has 0 unspecified atom stereocenters. The first kappa shape index (κ1) is 47.3. The maximum atomic E-state index is 5.35. The van der Waals surface area contributed by atoms with Crippen LogP contribution in [0, 0.1) is 0 Å².